The Kier molecular flexibility index (Phi) is 6.31. The molecule has 0 saturated carbocycles. The number of carbonyl (C=O) groups excluding carboxylic acids is 1. The van der Waals surface area contributed by atoms with Gasteiger partial charge in [-0.25, -0.2) is 4.98 Å². The summed E-state index contributed by atoms with van der Waals surface area (Å²) in [5, 5.41) is 0.726. The molecule has 0 atom stereocenters. The second-order valence-corrected chi connectivity index (χ2v) is 8.34. The number of amides is 1. The number of anilines is 1. The molecule has 148 valence electrons. The molecule has 0 aliphatic rings. The fourth-order valence-electron chi connectivity index (χ4n) is 3.04. The van der Waals surface area contributed by atoms with Crippen molar-refractivity contribution in [2.75, 3.05) is 38.7 Å². The van der Waals surface area contributed by atoms with Gasteiger partial charge >= 0.3 is 0 Å². The lowest BCUT2D eigenvalue weighted by molar-refractivity contribution is -0.120. The number of aryl methyl sites for hydroxylation is 3. The summed E-state index contributed by atoms with van der Waals surface area (Å²) in [5.74, 6) is 0.651. The number of hydrogen-bond acceptors (Lipinski definition) is 5. The first-order valence-corrected chi connectivity index (χ1v) is 10.2. The van der Waals surface area contributed by atoms with Crippen molar-refractivity contribution in [2.24, 2.45) is 0 Å². The molecule has 2 aromatic carbocycles. The molecule has 0 bridgehead atoms. The van der Waals surface area contributed by atoms with Crippen LogP contribution >= 0.6 is 11.3 Å². The highest BCUT2D eigenvalue weighted by Crippen LogP contribution is 2.31. The molecule has 1 amide bonds. The quantitative estimate of drug-likeness (QED) is 0.600. The van der Waals surface area contributed by atoms with Crippen LogP contribution in [0.5, 0.6) is 5.75 Å². The van der Waals surface area contributed by atoms with Crippen molar-refractivity contribution >= 4 is 32.6 Å². The van der Waals surface area contributed by atoms with Gasteiger partial charge in [-0.1, -0.05) is 35.6 Å². The van der Waals surface area contributed by atoms with Crippen LogP contribution < -0.4 is 9.64 Å². The van der Waals surface area contributed by atoms with Gasteiger partial charge in [-0.3, -0.25) is 9.69 Å². The summed E-state index contributed by atoms with van der Waals surface area (Å²) >= 11 is 1.56. The number of benzene rings is 2. The van der Waals surface area contributed by atoms with Gasteiger partial charge in [-0.15, -0.1) is 0 Å². The largest absolute Gasteiger partial charge is 0.483 e. The maximum Gasteiger partial charge on any atom is 0.266 e. The molecule has 0 fully saturated rings. The summed E-state index contributed by atoms with van der Waals surface area (Å²) in [5.41, 5.74) is 4.32. The third-order valence-corrected chi connectivity index (χ3v) is 5.59. The van der Waals surface area contributed by atoms with Crippen molar-refractivity contribution in [3.8, 4) is 5.75 Å². The number of carbonyl (C=O) groups is 1. The molecule has 1 aromatic heterocycles. The molecular formula is C22H27N3O2S. The highest BCUT2D eigenvalue weighted by Gasteiger charge is 2.21. The first-order valence-electron chi connectivity index (χ1n) is 9.36. The van der Waals surface area contributed by atoms with Gasteiger partial charge in [0.05, 0.1) is 10.2 Å². The molecule has 0 aliphatic carbocycles. The van der Waals surface area contributed by atoms with E-state index in [1.54, 1.807) is 16.2 Å². The zero-order valence-corrected chi connectivity index (χ0v) is 18.0. The molecule has 0 saturated heterocycles. The van der Waals surface area contributed by atoms with Crippen LogP contribution in [0.4, 0.5) is 5.13 Å². The standard InChI is InChI=1S/C22H27N3O2S/c1-15-12-17(3)21-19(13-15)28-22(23-21)25(11-10-24(4)5)20(26)14-27-18-9-7-6-8-16(18)2/h6-9,12-13H,10-11,14H2,1-5H3. The normalized spacial score (nSPS) is 11.2. The minimum absolute atomic E-state index is 0.00772. The lowest BCUT2D eigenvalue weighted by atomic mass is 10.1. The summed E-state index contributed by atoms with van der Waals surface area (Å²) in [6.45, 7) is 7.43. The summed E-state index contributed by atoms with van der Waals surface area (Å²) in [6, 6.07) is 12.0. The molecule has 0 radical (unpaired) electrons. The summed E-state index contributed by atoms with van der Waals surface area (Å²) in [7, 11) is 4.00. The van der Waals surface area contributed by atoms with Crippen molar-refractivity contribution in [1.29, 1.82) is 0 Å². The molecule has 6 heteroatoms. The van der Waals surface area contributed by atoms with E-state index in [-0.39, 0.29) is 12.5 Å². The SMILES string of the molecule is Cc1cc(C)c2nc(N(CCN(C)C)C(=O)COc3ccccc3C)sc2c1. The third-order valence-electron chi connectivity index (χ3n) is 4.57. The van der Waals surface area contributed by atoms with E-state index < -0.39 is 0 Å². The van der Waals surface area contributed by atoms with Crippen molar-refractivity contribution < 1.29 is 9.53 Å². The Hall–Kier alpha value is -2.44. The van der Waals surface area contributed by atoms with Crippen molar-refractivity contribution in [2.45, 2.75) is 20.8 Å². The van der Waals surface area contributed by atoms with Crippen LogP contribution in [0.3, 0.4) is 0 Å². The molecular weight excluding hydrogens is 370 g/mol. The Morgan fingerprint density at radius 2 is 1.82 bits per heavy atom. The first kappa shape index (κ1) is 20.3. The Morgan fingerprint density at radius 1 is 1.07 bits per heavy atom. The number of thiazole rings is 1. The maximum atomic E-state index is 13.0. The number of nitrogens with zero attached hydrogens (tertiary/aromatic N) is 3. The smallest absolute Gasteiger partial charge is 0.266 e. The predicted molar refractivity (Wildman–Crippen MR) is 117 cm³/mol. The second-order valence-electron chi connectivity index (χ2n) is 7.33. The second kappa shape index (κ2) is 8.71. The molecule has 1 heterocycles. The fraction of sp³-hybridized carbons (Fsp3) is 0.364. The molecule has 0 N–H and O–H groups in total. The van der Waals surface area contributed by atoms with E-state index in [0.29, 0.717) is 6.54 Å². The zero-order valence-electron chi connectivity index (χ0n) is 17.2. The highest BCUT2D eigenvalue weighted by molar-refractivity contribution is 7.22. The van der Waals surface area contributed by atoms with E-state index in [9.17, 15) is 4.79 Å². The Bertz CT molecular complexity index is 981. The minimum Gasteiger partial charge on any atom is -0.483 e. The summed E-state index contributed by atoms with van der Waals surface area (Å²) < 4.78 is 6.90. The number of likely N-dealkylation sites (N-methyl/N-ethyl adjacent to an activating group) is 1. The minimum atomic E-state index is -0.0847. The van der Waals surface area contributed by atoms with Gasteiger partial charge in [0.15, 0.2) is 11.7 Å². The number of aromatic nitrogens is 1. The van der Waals surface area contributed by atoms with Crippen molar-refractivity contribution in [3.05, 3.63) is 53.1 Å². The fourth-order valence-corrected chi connectivity index (χ4v) is 4.22. The molecule has 5 nitrogen and oxygen atoms in total. The van der Waals surface area contributed by atoms with Gasteiger partial charge in [0, 0.05) is 13.1 Å². The molecule has 28 heavy (non-hydrogen) atoms. The summed E-state index contributed by atoms with van der Waals surface area (Å²) in [4.78, 5) is 21.6. The van der Waals surface area contributed by atoms with Crippen LogP contribution in [0.1, 0.15) is 16.7 Å². The van der Waals surface area contributed by atoms with Crippen LogP contribution in [-0.4, -0.2) is 49.6 Å². The van der Waals surface area contributed by atoms with Crippen LogP contribution in [-0.2, 0) is 4.79 Å². The maximum absolute atomic E-state index is 13.0. The van der Waals surface area contributed by atoms with Gasteiger partial charge in [0.25, 0.3) is 5.91 Å². The molecule has 3 rings (SSSR count). The monoisotopic (exact) mass is 397 g/mol. The van der Waals surface area contributed by atoms with Gasteiger partial charge in [-0.2, -0.15) is 0 Å². The average Bonchev–Trinajstić information content (AvgIpc) is 3.05. The van der Waals surface area contributed by atoms with Gasteiger partial charge in [0.2, 0.25) is 0 Å². The number of hydrogen-bond donors (Lipinski definition) is 0. The van der Waals surface area contributed by atoms with Gasteiger partial charge in [-0.05, 0) is 63.7 Å². The molecule has 3 aromatic rings. The van der Waals surface area contributed by atoms with Crippen molar-refractivity contribution in [3.63, 3.8) is 0 Å². The number of fused-ring (bicyclic) bond motifs is 1. The van der Waals surface area contributed by atoms with E-state index in [4.69, 9.17) is 9.72 Å². The van der Waals surface area contributed by atoms with Gasteiger partial charge in [0.1, 0.15) is 5.75 Å². The Balaban J connectivity index is 1.85. The van der Waals surface area contributed by atoms with E-state index in [1.807, 2.05) is 45.3 Å². The molecule has 0 spiro atoms. The third kappa shape index (κ3) is 4.69. The average molecular weight is 398 g/mol. The lowest BCUT2D eigenvalue weighted by Gasteiger charge is -2.22. The molecule has 0 unspecified atom stereocenters. The zero-order chi connectivity index (χ0) is 20.3. The van der Waals surface area contributed by atoms with E-state index >= 15 is 0 Å². The lowest BCUT2D eigenvalue weighted by Crippen LogP contribution is -2.39. The topological polar surface area (TPSA) is 45.7 Å². The van der Waals surface area contributed by atoms with E-state index in [1.165, 1.54) is 5.56 Å². The van der Waals surface area contributed by atoms with Crippen molar-refractivity contribution in [1.82, 2.24) is 9.88 Å². The van der Waals surface area contributed by atoms with Crippen LogP contribution in [0.25, 0.3) is 10.2 Å². The Labute approximate surface area is 170 Å². The number of ether oxygens (including phenoxy) is 1. The van der Waals surface area contributed by atoms with Crippen LogP contribution in [0.15, 0.2) is 36.4 Å². The highest BCUT2D eigenvalue weighted by atomic mass is 32.1. The Morgan fingerprint density at radius 3 is 2.54 bits per heavy atom. The molecule has 0 aliphatic heterocycles. The van der Waals surface area contributed by atoms with Crippen LogP contribution in [0, 0.1) is 20.8 Å². The first-order chi connectivity index (χ1) is 13.3. The number of rotatable bonds is 7. The van der Waals surface area contributed by atoms with Crippen LogP contribution in [0.2, 0.25) is 0 Å². The number of para-hydroxylation sites is 1. The van der Waals surface area contributed by atoms with E-state index in [0.717, 1.165) is 38.8 Å². The van der Waals surface area contributed by atoms with Gasteiger partial charge < -0.3 is 9.64 Å². The predicted octanol–water partition coefficient (Wildman–Crippen LogP) is 4.20. The van der Waals surface area contributed by atoms with E-state index in [2.05, 4.69) is 30.9 Å². The summed E-state index contributed by atoms with van der Waals surface area (Å²) in [6.07, 6.45) is 0.